The van der Waals surface area contributed by atoms with Gasteiger partial charge in [-0.25, -0.2) is 4.79 Å². The predicted octanol–water partition coefficient (Wildman–Crippen LogP) is 1.34. The Kier molecular flexibility index (Phi) is 4.19. The number of piperidine rings is 1. The summed E-state index contributed by atoms with van der Waals surface area (Å²) in [7, 11) is 1.23. The van der Waals surface area contributed by atoms with Crippen molar-refractivity contribution >= 4 is 17.3 Å². The summed E-state index contributed by atoms with van der Waals surface area (Å²) in [5.41, 5.74) is 0.545. The number of rotatable bonds is 3. The number of hydrogen-bond donors (Lipinski definition) is 1. The highest BCUT2D eigenvalue weighted by Gasteiger charge is 2.24. The first-order chi connectivity index (χ1) is 9.52. The van der Waals surface area contributed by atoms with Crippen molar-refractivity contribution in [2.45, 2.75) is 18.9 Å². The van der Waals surface area contributed by atoms with E-state index in [1.54, 1.807) is 0 Å². The molecule has 7 nitrogen and oxygen atoms in total. The van der Waals surface area contributed by atoms with E-state index in [4.69, 9.17) is 0 Å². The number of hydrogen-bond acceptors (Lipinski definition) is 6. The van der Waals surface area contributed by atoms with Gasteiger partial charge in [0.05, 0.1) is 29.4 Å². The number of aliphatic hydroxyl groups excluding tert-OH is 1. The molecule has 1 aromatic rings. The van der Waals surface area contributed by atoms with Crippen LogP contribution < -0.4 is 4.90 Å². The van der Waals surface area contributed by atoms with Gasteiger partial charge >= 0.3 is 5.97 Å². The molecule has 1 unspecified atom stereocenters. The minimum Gasteiger partial charge on any atom is -0.465 e. The zero-order valence-electron chi connectivity index (χ0n) is 11.1. The average Bonchev–Trinajstić information content (AvgIpc) is 2.45. The van der Waals surface area contributed by atoms with Crippen LogP contribution in [0.1, 0.15) is 23.2 Å². The van der Waals surface area contributed by atoms with Crippen LogP contribution in [0.25, 0.3) is 0 Å². The third kappa shape index (κ3) is 2.88. The molecule has 108 valence electrons. The Morgan fingerprint density at radius 3 is 2.90 bits per heavy atom. The number of carbonyl (C=O) groups excluding carboxylic acids is 1. The van der Waals surface area contributed by atoms with E-state index in [1.807, 2.05) is 4.90 Å². The maximum Gasteiger partial charge on any atom is 0.340 e. The van der Waals surface area contributed by atoms with E-state index in [0.717, 1.165) is 12.8 Å². The summed E-state index contributed by atoms with van der Waals surface area (Å²) in [4.78, 5) is 23.9. The number of aliphatic hydroxyl groups is 1. The Balaban J connectivity index is 2.40. The van der Waals surface area contributed by atoms with Gasteiger partial charge in [0.1, 0.15) is 0 Å². The van der Waals surface area contributed by atoms with Crippen molar-refractivity contribution in [2.75, 3.05) is 25.1 Å². The first-order valence-electron chi connectivity index (χ1n) is 6.32. The first kappa shape index (κ1) is 14.3. The molecule has 0 spiro atoms. The number of nitro benzene ring substituents is 1. The topological polar surface area (TPSA) is 92.9 Å². The number of esters is 1. The standard InChI is InChI=1S/C13H16N2O5/c1-20-13(17)11-7-9(15(18)19)4-5-12(11)14-6-2-3-10(16)8-14/h4-5,7,10,16H,2-3,6,8H2,1H3. The van der Waals surface area contributed by atoms with Gasteiger partial charge in [-0.1, -0.05) is 0 Å². The quantitative estimate of drug-likeness (QED) is 0.510. The zero-order chi connectivity index (χ0) is 14.7. The summed E-state index contributed by atoms with van der Waals surface area (Å²) in [5, 5.41) is 20.5. The number of non-ortho nitro benzene ring substituents is 1. The zero-order valence-corrected chi connectivity index (χ0v) is 11.1. The Bertz CT molecular complexity index is 531. The Hall–Kier alpha value is -2.15. The highest BCUT2D eigenvalue weighted by atomic mass is 16.6. The van der Waals surface area contributed by atoms with Gasteiger partial charge in [-0.3, -0.25) is 10.1 Å². The number of methoxy groups -OCH3 is 1. The van der Waals surface area contributed by atoms with E-state index < -0.39 is 17.0 Å². The van der Waals surface area contributed by atoms with Crippen molar-refractivity contribution in [3.8, 4) is 0 Å². The van der Waals surface area contributed by atoms with Crippen LogP contribution in [-0.4, -0.2) is 42.3 Å². The lowest BCUT2D eigenvalue weighted by Gasteiger charge is -2.32. The maximum absolute atomic E-state index is 11.8. The van der Waals surface area contributed by atoms with Crippen LogP contribution in [0.3, 0.4) is 0 Å². The fraction of sp³-hybridized carbons (Fsp3) is 0.462. The molecule has 0 amide bonds. The normalized spacial score (nSPS) is 18.7. The monoisotopic (exact) mass is 280 g/mol. The molecule has 0 bridgehead atoms. The second-order valence-electron chi connectivity index (χ2n) is 4.69. The van der Waals surface area contributed by atoms with Crippen molar-refractivity contribution in [3.05, 3.63) is 33.9 Å². The molecule has 7 heteroatoms. The van der Waals surface area contributed by atoms with Crippen molar-refractivity contribution in [2.24, 2.45) is 0 Å². The highest BCUT2D eigenvalue weighted by Crippen LogP contribution is 2.28. The number of nitrogens with zero attached hydrogens (tertiary/aromatic N) is 2. The molecule has 1 fully saturated rings. The summed E-state index contributed by atoms with van der Waals surface area (Å²) in [6.07, 6.45) is 1.07. The molecule has 1 aliphatic heterocycles. The van der Waals surface area contributed by atoms with Gasteiger partial charge in [0.15, 0.2) is 0 Å². The summed E-state index contributed by atoms with van der Waals surface area (Å²) in [6.45, 7) is 1.10. The predicted molar refractivity (Wildman–Crippen MR) is 71.9 cm³/mol. The van der Waals surface area contributed by atoms with Crippen molar-refractivity contribution in [3.63, 3.8) is 0 Å². The average molecular weight is 280 g/mol. The van der Waals surface area contributed by atoms with Gasteiger partial charge in [-0.05, 0) is 18.9 Å². The van der Waals surface area contributed by atoms with Crippen LogP contribution >= 0.6 is 0 Å². The van der Waals surface area contributed by atoms with Gasteiger partial charge in [0.25, 0.3) is 5.69 Å². The summed E-state index contributed by atoms with van der Waals surface area (Å²) in [6, 6.07) is 4.09. The minimum absolute atomic E-state index is 0.149. The van der Waals surface area contributed by atoms with E-state index >= 15 is 0 Å². The van der Waals surface area contributed by atoms with Crippen molar-refractivity contribution in [1.82, 2.24) is 0 Å². The summed E-state index contributed by atoms with van der Waals surface area (Å²) in [5.74, 6) is -0.622. The largest absolute Gasteiger partial charge is 0.465 e. The lowest BCUT2D eigenvalue weighted by molar-refractivity contribution is -0.384. The van der Waals surface area contributed by atoms with Gasteiger partial charge < -0.3 is 14.7 Å². The molecule has 0 aromatic heterocycles. The maximum atomic E-state index is 11.8. The fourth-order valence-electron chi connectivity index (χ4n) is 2.36. The van der Waals surface area contributed by atoms with Crippen LogP contribution in [0, 0.1) is 10.1 Å². The molecule has 0 radical (unpaired) electrons. The molecule has 0 saturated carbocycles. The van der Waals surface area contributed by atoms with E-state index in [2.05, 4.69) is 4.74 Å². The molecular formula is C13H16N2O5. The van der Waals surface area contributed by atoms with Crippen molar-refractivity contribution in [1.29, 1.82) is 0 Å². The molecule has 0 aliphatic carbocycles. The Morgan fingerprint density at radius 1 is 1.55 bits per heavy atom. The molecule has 20 heavy (non-hydrogen) atoms. The molecule has 2 rings (SSSR count). The number of benzene rings is 1. The number of carbonyl (C=O) groups is 1. The SMILES string of the molecule is COC(=O)c1cc([N+](=O)[O-])ccc1N1CCCC(O)C1. The first-order valence-corrected chi connectivity index (χ1v) is 6.32. The molecule has 1 N–H and O–H groups in total. The van der Waals surface area contributed by atoms with Crippen LogP contribution in [0.4, 0.5) is 11.4 Å². The van der Waals surface area contributed by atoms with Crippen LogP contribution in [0.15, 0.2) is 18.2 Å². The fourth-order valence-corrected chi connectivity index (χ4v) is 2.36. The van der Waals surface area contributed by atoms with Crippen LogP contribution in [0.5, 0.6) is 0 Å². The van der Waals surface area contributed by atoms with E-state index in [0.29, 0.717) is 18.8 Å². The van der Waals surface area contributed by atoms with Gasteiger partial charge in [-0.15, -0.1) is 0 Å². The molecule has 1 aliphatic rings. The number of β-amino-alcohol motifs (C(OH)–C–C–N with tert-alkyl or cyclic N) is 1. The van der Waals surface area contributed by atoms with Crippen LogP contribution in [-0.2, 0) is 4.74 Å². The van der Waals surface area contributed by atoms with E-state index in [9.17, 15) is 20.0 Å². The number of anilines is 1. The molecule has 1 aromatic carbocycles. The number of ether oxygens (including phenoxy) is 1. The van der Waals surface area contributed by atoms with Gasteiger partial charge in [0.2, 0.25) is 0 Å². The Morgan fingerprint density at radius 2 is 2.30 bits per heavy atom. The van der Waals surface area contributed by atoms with Crippen LogP contribution in [0.2, 0.25) is 0 Å². The van der Waals surface area contributed by atoms with E-state index in [1.165, 1.54) is 25.3 Å². The third-order valence-electron chi connectivity index (χ3n) is 3.33. The third-order valence-corrected chi connectivity index (χ3v) is 3.33. The second kappa shape index (κ2) is 5.87. The van der Waals surface area contributed by atoms with E-state index in [-0.39, 0.29) is 11.3 Å². The lowest BCUT2D eigenvalue weighted by Crippen LogP contribution is -2.39. The van der Waals surface area contributed by atoms with Gasteiger partial charge in [-0.2, -0.15) is 0 Å². The number of nitro groups is 1. The minimum atomic E-state index is -0.622. The summed E-state index contributed by atoms with van der Waals surface area (Å²) >= 11 is 0. The Labute approximate surface area is 115 Å². The lowest BCUT2D eigenvalue weighted by atomic mass is 10.0. The van der Waals surface area contributed by atoms with Crippen molar-refractivity contribution < 1.29 is 19.6 Å². The van der Waals surface area contributed by atoms with Gasteiger partial charge in [0, 0.05) is 25.2 Å². The molecule has 1 heterocycles. The molecular weight excluding hydrogens is 264 g/mol. The molecule has 1 atom stereocenters. The highest BCUT2D eigenvalue weighted by molar-refractivity contribution is 5.96. The second-order valence-corrected chi connectivity index (χ2v) is 4.69. The summed E-state index contributed by atoms with van der Waals surface area (Å²) < 4.78 is 4.68. The molecule has 1 saturated heterocycles. The smallest absolute Gasteiger partial charge is 0.340 e.